The molecule has 1 atom stereocenters. The number of aromatic nitrogens is 2. The molecule has 0 radical (unpaired) electrons. The maximum absolute atomic E-state index is 12.8. The third kappa shape index (κ3) is 2.83. The van der Waals surface area contributed by atoms with Crippen molar-refractivity contribution in [2.75, 3.05) is 16.3 Å². The van der Waals surface area contributed by atoms with E-state index in [1.165, 1.54) is 0 Å². The monoisotopic (exact) mass is 428 g/mol. The number of anilines is 1. The Morgan fingerprint density at radius 3 is 2.77 bits per heavy atom. The number of hydrogen-bond acceptors (Lipinski definition) is 4. The number of rotatable bonds is 3. The van der Waals surface area contributed by atoms with E-state index in [0.717, 1.165) is 27.5 Å². The van der Waals surface area contributed by atoms with Crippen LogP contribution in [0.4, 0.5) is 5.69 Å². The molecule has 116 valence electrons. The molecule has 7 heteroatoms. The average molecular weight is 428 g/mol. The molecule has 1 aliphatic heterocycles. The number of aliphatic imine (C=N–C) groups is 1. The predicted molar refractivity (Wildman–Crippen MR) is 102 cm³/mol. The van der Waals surface area contributed by atoms with Crippen molar-refractivity contribution in [1.82, 2.24) is 9.36 Å². The normalized spacial score (nSPS) is 17.6. The summed E-state index contributed by atoms with van der Waals surface area (Å²) < 4.78 is 4.60. The van der Waals surface area contributed by atoms with Gasteiger partial charge in [0, 0.05) is 16.7 Å². The summed E-state index contributed by atoms with van der Waals surface area (Å²) in [5, 5.41) is 4.57. The number of nitrogens with one attached hydrogen (secondary N) is 1. The molecule has 0 unspecified atom stereocenters. The van der Waals surface area contributed by atoms with Crippen LogP contribution in [-0.4, -0.2) is 30.8 Å². The van der Waals surface area contributed by atoms with Gasteiger partial charge in [-0.3, -0.25) is 14.5 Å². The smallest absolute Gasteiger partial charge is 0.295 e. The van der Waals surface area contributed by atoms with E-state index >= 15 is 0 Å². The molecule has 5 nitrogen and oxygen atoms in total. The molecular weight excluding hydrogens is 411 g/mol. The van der Waals surface area contributed by atoms with E-state index in [-0.39, 0.29) is 5.56 Å². The summed E-state index contributed by atoms with van der Waals surface area (Å²) in [5.74, 6) is 0. The van der Waals surface area contributed by atoms with Gasteiger partial charge in [-0.1, -0.05) is 52.6 Å². The van der Waals surface area contributed by atoms with E-state index in [9.17, 15) is 4.79 Å². The van der Waals surface area contributed by atoms with Gasteiger partial charge in [-0.05, 0) is 19.1 Å². The van der Waals surface area contributed by atoms with Gasteiger partial charge in [0.25, 0.3) is 5.56 Å². The minimum absolute atomic E-state index is 0.0487. The molecule has 1 N–H and O–H groups in total. The van der Waals surface area contributed by atoms with Crippen LogP contribution < -0.4 is 10.9 Å². The number of halogens is 1. The summed E-state index contributed by atoms with van der Waals surface area (Å²) in [6, 6.07) is 9.66. The molecule has 1 aliphatic rings. The van der Waals surface area contributed by atoms with Crippen molar-refractivity contribution in [3.63, 3.8) is 0 Å². The molecule has 0 amide bonds. The van der Waals surface area contributed by atoms with Gasteiger partial charge in [0.1, 0.15) is 5.69 Å². The minimum Gasteiger partial charge on any atom is -0.329 e. The van der Waals surface area contributed by atoms with E-state index in [1.807, 2.05) is 49.0 Å². The van der Waals surface area contributed by atoms with Crippen molar-refractivity contribution in [2.45, 2.75) is 12.2 Å². The fourth-order valence-corrected chi connectivity index (χ4v) is 4.04. The Balaban J connectivity index is 1.96. The first-order valence-electron chi connectivity index (χ1n) is 7.00. The zero-order valence-corrected chi connectivity index (χ0v) is 15.4. The lowest BCUT2D eigenvalue weighted by Crippen LogP contribution is -2.22. The first-order valence-corrected chi connectivity index (χ1v) is 9.40. The van der Waals surface area contributed by atoms with Crippen LogP contribution in [0.25, 0.3) is 5.69 Å². The topological polar surface area (TPSA) is 51.3 Å². The minimum atomic E-state index is -0.0487. The first kappa shape index (κ1) is 15.7. The second-order valence-corrected chi connectivity index (χ2v) is 7.27. The summed E-state index contributed by atoms with van der Waals surface area (Å²) >= 11 is 4.08. The molecule has 0 saturated carbocycles. The van der Waals surface area contributed by atoms with Gasteiger partial charge in [0.15, 0.2) is 5.17 Å². The molecule has 0 saturated heterocycles. The molecule has 0 fully saturated rings. The molecule has 1 aromatic carbocycles. The lowest BCUT2D eigenvalue weighted by molar-refractivity contribution is 0.630. The third-order valence-corrected chi connectivity index (χ3v) is 6.44. The molecule has 0 bridgehead atoms. The number of benzene rings is 1. The largest absolute Gasteiger partial charge is 0.329 e. The summed E-state index contributed by atoms with van der Waals surface area (Å²) in [7, 11) is 1.89. The van der Waals surface area contributed by atoms with Crippen LogP contribution >= 0.6 is 34.4 Å². The summed E-state index contributed by atoms with van der Waals surface area (Å²) in [5.41, 5.74) is 2.31. The van der Waals surface area contributed by atoms with Crippen LogP contribution in [0.1, 0.15) is 5.69 Å². The molecule has 1 aromatic heterocycles. The van der Waals surface area contributed by atoms with Gasteiger partial charge in [-0.2, -0.15) is 0 Å². The van der Waals surface area contributed by atoms with Crippen LogP contribution in [0, 0.1) is 6.92 Å². The summed E-state index contributed by atoms with van der Waals surface area (Å²) in [4.78, 5) is 17.2. The Bertz CT molecular complexity index is 766. The Kier molecular flexibility index (Phi) is 4.62. The van der Waals surface area contributed by atoms with Crippen LogP contribution in [0.5, 0.6) is 0 Å². The molecule has 3 rings (SSSR count). The highest BCUT2D eigenvalue weighted by Crippen LogP contribution is 2.24. The number of para-hydroxylation sites is 1. The lowest BCUT2D eigenvalue weighted by Gasteiger charge is -2.07. The number of amidine groups is 1. The predicted octanol–water partition coefficient (Wildman–Crippen LogP) is 2.80. The van der Waals surface area contributed by atoms with Crippen LogP contribution in [0.15, 0.2) is 40.1 Å². The highest BCUT2D eigenvalue weighted by atomic mass is 127. The van der Waals surface area contributed by atoms with Crippen molar-refractivity contribution in [3.05, 3.63) is 46.4 Å². The first-order chi connectivity index (χ1) is 10.6. The Hall–Kier alpha value is -1.22. The fourth-order valence-electron chi connectivity index (χ4n) is 2.39. The Morgan fingerprint density at radius 1 is 1.41 bits per heavy atom. The molecule has 2 aromatic rings. The molecule has 22 heavy (non-hydrogen) atoms. The molecule has 0 spiro atoms. The number of alkyl halides is 1. The maximum atomic E-state index is 12.8. The van der Waals surface area contributed by atoms with Crippen molar-refractivity contribution in [3.8, 4) is 5.69 Å². The zero-order chi connectivity index (χ0) is 15.7. The van der Waals surface area contributed by atoms with Gasteiger partial charge in [0.2, 0.25) is 0 Å². The summed E-state index contributed by atoms with van der Waals surface area (Å²) in [6.45, 7) is 2.76. The van der Waals surface area contributed by atoms with Gasteiger partial charge in [-0.25, -0.2) is 4.68 Å². The van der Waals surface area contributed by atoms with E-state index in [0.29, 0.717) is 10.9 Å². The van der Waals surface area contributed by atoms with Gasteiger partial charge in [-0.15, -0.1) is 0 Å². The molecule has 0 aliphatic carbocycles. The fraction of sp³-hybridized carbons (Fsp3) is 0.333. The van der Waals surface area contributed by atoms with Crippen molar-refractivity contribution >= 4 is 45.2 Å². The van der Waals surface area contributed by atoms with Gasteiger partial charge >= 0.3 is 0 Å². The Labute approximate surface area is 146 Å². The second kappa shape index (κ2) is 6.49. The van der Waals surface area contributed by atoms with E-state index in [4.69, 9.17) is 0 Å². The SMILES string of the molecule is Cc1c(NC2=NC[C@@H](CI)S2)c(=O)n(-c2ccccc2)n1C. The zero-order valence-electron chi connectivity index (χ0n) is 12.4. The van der Waals surface area contributed by atoms with Crippen molar-refractivity contribution in [1.29, 1.82) is 0 Å². The quantitative estimate of drug-likeness (QED) is 0.605. The Morgan fingerprint density at radius 2 is 2.14 bits per heavy atom. The van der Waals surface area contributed by atoms with Crippen molar-refractivity contribution in [2.24, 2.45) is 12.0 Å². The van der Waals surface area contributed by atoms with E-state index in [2.05, 4.69) is 32.9 Å². The maximum Gasteiger partial charge on any atom is 0.295 e. The number of nitrogens with zero attached hydrogens (tertiary/aromatic N) is 3. The number of hydrogen-bond donors (Lipinski definition) is 1. The average Bonchev–Trinajstić information content (AvgIpc) is 3.07. The number of thioether (sulfide) groups is 1. The third-order valence-electron chi connectivity index (χ3n) is 3.68. The second-order valence-electron chi connectivity index (χ2n) is 5.10. The highest BCUT2D eigenvalue weighted by molar-refractivity contribution is 14.1. The highest BCUT2D eigenvalue weighted by Gasteiger charge is 2.22. The van der Waals surface area contributed by atoms with E-state index < -0.39 is 0 Å². The molecular formula is C15H17IN4OS. The van der Waals surface area contributed by atoms with Crippen LogP contribution in [0.2, 0.25) is 0 Å². The van der Waals surface area contributed by atoms with Gasteiger partial charge < -0.3 is 5.32 Å². The molecule has 2 heterocycles. The standard InChI is InChI=1S/C15H17IN4OS/c1-10-13(18-15-17-9-12(8-16)22-15)14(21)20(19(10)2)11-6-4-3-5-7-11/h3-7,12H,8-9H2,1-2H3,(H,17,18)/t12-/m1/s1. The van der Waals surface area contributed by atoms with E-state index in [1.54, 1.807) is 16.4 Å². The van der Waals surface area contributed by atoms with Crippen molar-refractivity contribution < 1.29 is 0 Å². The van der Waals surface area contributed by atoms with Crippen LogP contribution in [0.3, 0.4) is 0 Å². The lowest BCUT2D eigenvalue weighted by atomic mass is 10.3. The van der Waals surface area contributed by atoms with Crippen LogP contribution in [-0.2, 0) is 7.05 Å². The summed E-state index contributed by atoms with van der Waals surface area (Å²) in [6.07, 6.45) is 0. The van der Waals surface area contributed by atoms with Gasteiger partial charge in [0.05, 0.1) is 17.9 Å².